The van der Waals surface area contributed by atoms with Crippen molar-refractivity contribution in [3.05, 3.63) is 0 Å². The number of carboxylic acids is 1. The summed E-state index contributed by atoms with van der Waals surface area (Å²) in [5.74, 6) is -1.37. The number of rotatable bonds is 8. The molecule has 0 heterocycles. The minimum absolute atomic E-state index is 0.0358. The van der Waals surface area contributed by atoms with E-state index in [-0.39, 0.29) is 17.4 Å². The van der Waals surface area contributed by atoms with Crippen molar-refractivity contribution in [2.45, 2.75) is 17.9 Å². The van der Waals surface area contributed by atoms with E-state index in [1.165, 1.54) is 14.1 Å². The van der Waals surface area contributed by atoms with Gasteiger partial charge in [-0.15, -0.1) is 0 Å². The standard InChI is InChI=1S/C9H15F5N2O4S/c1-16(2,6-7(17)18)5-3-4-15-21(19,20)9(13,14)8(10,11)12/h15H,3-6H2,1-2H3. The van der Waals surface area contributed by atoms with Gasteiger partial charge in [-0.2, -0.15) is 22.0 Å². The fourth-order valence-corrected chi connectivity index (χ4v) is 2.28. The Kier molecular flexibility index (Phi) is 6.09. The van der Waals surface area contributed by atoms with Crippen LogP contribution in [0.25, 0.3) is 0 Å². The Labute approximate surface area is 118 Å². The Morgan fingerprint density at radius 1 is 1.19 bits per heavy atom. The Morgan fingerprint density at radius 2 is 1.67 bits per heavy atom. The molecule has 0 fully saturated rings. The van der Waals surface area contributed by atoms with Crippen molar-refractivity contribution in [2.75, 3.05) is 33.7 Å². The van der Waals surface area contributed by atoms with Crippen LogP contribution in [0.3, 0.4) is 0 Å². The quantitative estimate of drug-likeness (QED) is 0.358. The molecule has 6 nitrogen and oxygen atoms in total. The summed E-state index contributed by atoms with van der Waals surface area (Å²) in [6.07, 6.45) is -6.35. The monoisotopic (exact) mass is 342 g/mol. The van der Waals surface area contributed by atoms with Crippen LogP contribution in [-0.2, 0) is 14.8 Å². The first-order valence-electron chi connectivity index (χ1n) is 5.58. The molecule has 0 aliphatic rings. The Balaban J connectivity index is 4.52. The number of halogens is 5. The number of alkyl halides is 5. The summed E-state index contributed by atoms with van der Waals surface area (Å²) < 4.78 is 84.0. The third-order valence-electron chi connectivity index (χ3n) is 2.46. The minimum atomic E-state index is -6.22. The Bertz CT molecular complexity index is 475. The van der Waals surface area contributed by atoms with E-state index in [0.717, 1.165) is 4.72 Å². The van der Waals surface area contributed by atoms with E-state index in [1.807, 2.05) is 0 Å². The highest BCUT2D eigenvalue weighted by Gasteiger charge is 2.67. The van der Waals surface area contributed by atoms with E-state index in [1.54, 1.807) is 0 Å². The topological polar surface area (TPSA) is 86.3 Å². The Morgan fingerprint density at radius 3 is 2.05 bits per heavy atom. The summed E-state index contributed by atoms with van der Waals surface area (Å²) in [7, 11) is -3.00. The maximum Gasteiger partial charge on any atom is 0.470 e. The van der Waals surface area contributed by atoms with Crippen molar-refractivity contribution in [3.63, 3.8) is 0 Å². The van der Waals surface area contributed by atoms with Gasteiger partial charge in [0.25, 0.3) is 10.0 Å². The number of nitrogens with zero attached hydrogens (tertiary/aromatic N) is 1. The molecule has 126 valence electrons. The van der Waals surface area contributed by atoms with Gasteiger partial charge in [-0.3, -0.25) is 0 Å². The first kappa shape index (κ1) is 20.0. The highest BCUT2D eigenvalue weighted by molar-refractivity contribution is 7.90. The van der Waals surface area contributed by atoms with E-state index < -0.39 is 40.5 Å². The summed E-state index contributed by atoms with van der Waals surface area (Å²) in [6, 6.07) is 0. The van der Waals surface area contributed by atoms with E-state index in [2.05, 4.69) is 0 Å². The lowest BCUT2D eigenvalue weighted by atomic mass is 10.3. The van der Waals surface area contributed by atoms with Crippen LogP contribution in [0.5, 0.6) is 0 Å². The summed E-state index contributed by atoms with van der Waals surface area (Å²) in [5, 5.41) is 4.49. The van der Waals surface area contributed by atoms with Crippen molar-refractivity contribution >= 4 is 16.0 Å². The first-order valence-corrected chi connectivity index (χ1v) is 7.06. The number of hydrogen-bond donors (Lipinski definition) is 1. The second kappa shape index (κ2) is 6.40. The van der Waals surface area contributed by atoms with Gasteiger partial charge < -0.3 is 14.4 Å². The molecular weight excluding hydrogens is 327 g/mol. The van der Waals surface area contributed by atoms with Crippen molar-refractivity contribution in [1.82, 2.24) is 4.72 Å². The van der Waals surface area contributed by atoms with Crippen LogP contribution in [0.4, 0.5) is 22.0 Å². The molecule has 0 amide bonds. The lowest BCUT2D eigenvalue weighted by Crippen LogP contribution is -2.51. The molecule has 0 unspecified atom stereocenters. The number of carbonyl (C=O) groups excluding carboxylic acids is 1. The number of hydrogen-bond acceptors (Lipinski definition) is 4. The number of carboxylic acid groups (broad SMARTS) is 1. The fourth-order valence-electron chi connectivity index (χ4n) is 1.39. The summed E-state index contributed by atoms with van der Waals surface area (Å²) in [4.78, 5) is 10.4. The molecule has 0 aromatic heterocycles. The molecule has 1 N–H and O–H groups in total. The number of quaternary nitrogens is 1. The molecule has 0 saturated carbocycles. The van der Waals surface area contributed by atoms with Crippen molar-refractivity contribution in [1.29, 1.82) is 0 Å². The molecule has 0 aliphatic carbocycles. The predicted octanol–water partition coefficient (Wildman–Crippen LogP) is -0.723. The zero-order valence-corrected chi connectivity index (χ0v) is 12.0. The first-order chi connectivity index (χ1) is 9.12. The molecule has 0 bridgehead atoms. The van der Waals surface area contributed by atoms with Gasteiger partial charge in [0, 0.05) is 13.0 Å². The fraction of sp³-hybridized carbons (Fsp3) is 0.889. The largest absolute Gasteiger partial charge is 0.544 e. The maximum atomic E-state index is 12.7. The van der Waals surface area contributed by atoms with Gasteiger partial charge >= 0.3 is 11.4 Å². The molecular formula is C9H15F5N2O4S. The smallest absolute Gasteiger partial charge is 0.470 e. The average molecular weight is 342 g/mol. The van der Waals surface area contributed by atoms with Crippen LogP contribution in [-0.4, -0.2) is 64.0 Å². The maximum absolute atomic E-state index is 12.7. The van der Waals surface area contributed by atoms with E-state index in [4.69, 9.17) is 0 Å². The van der Waals surface area contributed by atoms with Gasteiger partial charge in [-0.25, -0.2) is 13.1 Å². The summed E-state index contributed by atoms with van der Waals surface area (Å²) in [6.45, 7) is -1.05. The summed E-state index contributed by atoms with van der Waals surface area (Å²) in [5.41, 5.74) is 0. The molecule has 0 atom stereocenters. The SMILES string of the molecule is C[N+](C)(CCCNS(=O)(=O)C(F)(F)C(F)(F)F)CC(=O)[O-]. The van der Waals surface area contributed by atoms with Gasteiger partial charge in [-0.1, -0.05) is 0 Å². The van der Waals surface area contributed by atoms with Crippen molar-refractivity contribution < 1.29 is 44.8 Å². The molecule has 0 aromatic carbocycles. The lowest BCUT2D eigenvalue weighted by molar-refractivity contribution is -0.884. The zero-order chi connectivity index (χ0) is 17.1. The van der Waals surface area contributed by atoms with Crippen LogP contribution in [0.1, 0.15) is 6.42 Å². The molecule has 0 aromatic rings. The van der Waals surface area contributed by atoms with E-state index in [0.29, 0.717) is 0 Å². The van der Waals surface area contributed by atoms with Crippen molar-refractivity contribution in [2.24, 2.45) is 0 Å². The number of carbonyl (C=O) groups is 1. The van der Waals surface area contributed by atoms with Crippen LogP contribution >= 0.6 is 0 Å². The highest BCUT2D eigenvalue weighted by Crippen LogP contribution is 2.39. The van der Waals surface area contributed by atoms with Crippen LogP contribution in [0.15, 0.2) is 0 Å². The molecule has 0 aliphatic heterocycles. The molecule has 0 radical (unpaired) electrons. The minimum Gasteiger partial charge on any atom is -0.544 e. The van der Waals surface area contributed by atoms with Crippen molar-refractivity contribution in [3.8, 4) is 0 Å². The molecule has 0 spiro atoms. The van der Waals surface area contributed by atoms with Gasteiger partial charge in [0.1, 0.15) is 6.54 Å². The summed E-state index contributed by atoms with van der Waals surface area (Å²) >= 11 is 0. The van der Waals surface area contributed by atoms with Gasteiger partial charge in [0.15, 0.2) is 0 Å². The Hall–Kier alpha value is -1.01. The second-order valence-corrected chi connectivity index (χ2v) is 6.76. The average Bonchev–Trinajstić information content (AvgIpc) is 2.20. The molecule has 0 saturated heterocycles. The van der Waals surface area contributed by atoms with Crippen LogP contribution in [0, 0.1) is 0 Å². The number of sulfonamides is 1. The predicted molar refractivity (Wildman–Crippen MR) is 59.4 cm³/mol. The van der Waals surface area contributed by atoms with E-state index >= 15 is 0 Å². The lowest BCUT2D eigenvalue weighted by Gasteiger charge is -2.30. The second-order valence-electron chi connectivity index (χ2n) is 4.96. The normalized spacial score (nSPS) is 14.2. The van der Waals surface area contributed by atoms with Crippen LogP contribution in [0.2, 0.25) is 0 Å². The zero-order valence-electron chi connectivity index (χ0n) is 11.2. The van der Waals surface area contributed by atoms with Gasteiger partial charge in [-0.05, 0) is 0 Å². The molecule has 0 rings (SSSR count). The van der Waals surface area contributed by atoms with Crippen LogP contribution < -0.4 is 9.83 Å². The van der Waals surface area contributed by atoms with Gasteiger partial charge in [0.2, 0.25) is 0 Å². The number of nitrogens with one attached hydrogen (secondary N) is 1. The third kappa shape index (κ3) is 5.71. The third-order valence-corrected chi connectivity index (χ3v) is 3.95. The number of aliphatic carboxylic acids is 1. The number of likely N-dealkylation sites (N-methyl/N-ethyl adjacent to an activating group) is 1. The molecule has 12 heteroatoms. The molecule has 21 heavy (non-hydrogen) atoms. The highest BCUT2D eigenvalue weighted by atomic mass is 32.2. The van der Waals surface area contributed by atoms with E-state index in [9.17, 15) is 40.3 Å². The van der Waals surface area contributed by atoms with Gasteiger partial charge in [0.05, 0.1) is 26.6 Å².